The molecule has 6 heteroatoms. The first kappa shape index (κ1) is 11.2. The Kier molecular flexibility index (Phi) is 3.51. The Morgan fingerprint density at radius 1 is 1.60 bits per heavy atom. The standard InChI is InChI=1S/C9H10Cl2N2OS/c10-7-3-6(8(11)15-7)9(14)13-5-1-2-12-4-5/h3,5,12H,1-2,4H2,(H,13,14)/t5-/m1/s1. The Balaban J connectivity index is 2.03. The van der Waals surface area contributed by atoms with Crippen LogP contribution in [0.3, 0.4) is 0 Å². The van der Waals surface area contributed by atoms with Gasteiger partial charge in [-0.15, -0.1) is 11.3 Å². The van der Waals surface area contributed by atoms with Gasteiger partial charge in [0.2, 0.25) is 0 Å². The molecule has 1 fully saturated rings. The van der Waals surface area contributed by atoms with E-state index in [9.17, 15) is 4.79 Å². The average molecular weight is 265 g/mol. The number of carbonyl (C=O) groups is 1. The Morgan fingerprint density at radius 2 is 2.40 bits per heavy atom. The van der Waals surface area contributed by atoms with Crippen LogP contribution < -0.4 is 10.6 Å². The molecule has 1 aromatic rings. The maximum absolute atomic E-state index is 11.8. The summed E-state index contributed by atoms with van der Waals surface area (Å²) in [5.74, 6) is -0.142. The molecular weight excluding hydrogens is 255 g/mol. The Bertz CT molecular complexity index is 374. The fourth-order valence-electron chi connectivity index (χ4n) is 1.54. The second-order valence-corrected chi connectivity index (χ2v) is 5.69. The molecule has 0 radical (unpaired) electrons. The number of hydrogen-bond donors (Lipinski definition) is 2. The minimum atomic E-state index is -0.142. The number of halogens is 2. The maximum Gasteiger partial charge on any atom is 0.253 e. The number of rotatable bonds is 2. The van der Waals surface area contributed by atoms with Gasteiger partial charge in [0.25, 0.3) is 5.91 Å². The molecule has 0 bridgehead atoms. The van der Waals surface area contributed by atoms with Gasteiger partial charge in [-0.25, -0.2) is 0 Å². The lowest BCUT2D eigenvalue weighted by Gasteiger charge is -2.10. The minimum absolute atomic E-state index is 0.142. The second-order valence-electron chi connectivity index (χ2n) is 3.40. The highest BCUT2D eigenvalue weighted by molar-refractivity contribution is 7.20. The van der Waals surface area contributed by atoms with Crippen LogP contribution in [-0.2, 0) is 0 Å². The first-order valence-electron chi connectivity index (χ1n) is 4.63. The van der Waals surface area contributed by atoms with Crippen molar-refractivity contribution in [1.82, 2.24) is 10.6 Å². The fourth-order valence-corrected chi connectivity index (χ4v) is 2.99. The summed E-state index contributed by atoms with van der Waals surface area (Å²) in [4.78, 5) is 11.8. The van der Waals surface area contributed by atoms with Crippen molar-refractivity contribution in [2.24, 2.45) is 0 Å². The molecule has 1 aliphatic rings. The molecule has 15 heavy (non-hydrogen) atoms. The first-order valence-corrected chi connectivity index (χ1v) is 6.20. The van der Waals surface area contributed by atoms with Crippen LogP contribution in [0.2, 0.25) is 8.67 Å². The molecule has 0 spiro atoms. The van der Waals surface area contributed by atoms with E-state index in [1.54, 1.807) is 6.07 Å². The lowest BCUT2D eigenvalue weighted by atomic mass is 10.2. The topological polar surface area (TPSA) is 41.1 Å². The molecule has 82 valence electrons. The van der Waals surface area contributed by atoms with Crippen molar-refractivity contribution in [2.75, 3.05) is 13.1 Å². The zero-order valence-electron chi connectivity index (χ0n) is 7.85. The summed E-state index contributed by atoms with van der Waals surface area (Å²) in [6.07, 6.45) is 0.960. The zero-order chi connectivity index (χ0) is 10.8. The molecule has 1 amide bonds. The van der Waals surface area contributed by atoms with E-state index in [1.807, 2.05) is 0 Å². The maximum atomic E-state index is 11.8. The lowest BCUT2D eigenvalue weighted by Crippen LogP contribution is -2.36. The predicted octanol–water partition coefficient (Wildman–Crippen LogP) is 2.15. The molecular formula is C9H10Cl2N2OS. The molecule has 2 heterocycles. The third kappa shape index (κ3) is 2.64. The molecule has 3 nitrogen and oxygen atoms in total. The van der Waals surface area contributed by atoms with Crippen molar-refractivity contribution < 1.29 is 4.79 Å². The van der Waals surface area contributed by atoms with Crippen LogP contribution in [-0.4, -0.2) is 25.0 Å². The minimum Gasteiger partial charge on any atom is -0.348 e. The highest BCUT2D eigenvalue weighted by Gasteiger charge is 2.20. The van der Waals surface area contributed by atoms with Gasteiger partial charge < -0.3 is 10.6 Å². The summed E-state index contributed by atoms with van der Waals surface area (Å²) in [5, 5.41) is 6.09. The van der Waals surface area contributed by atoms with E-state index in [4.69, 9.17) is 23.2 Å². The van der Waals surface area contributed by atoms with E-state index in [2.05, 4.69) is 10.6 Å². The highest BCUT2D eigenvalue weighted by atomic mass is 35.5. The van der Waals surface area contributed by atoms with E-state index < -0.39 is 0 Å². The van der Waals surface area contributed by atoms with Gasteiger partial charge >= 0.3 is 0 Å². The summed E-state index contributed by atoms with van der Waals surface area (Å²) in [6, 6.07) is 1.80. The van der Waals surface area contributed by atoms with Crippen LogP contribution in [0, 0.1) is 0 Å². The van der Waals surface area contributed by atoms with Gasteiger partial charge in [0.15, 0.2) is 0 Å². The van der Waals surface area contributed by atoms with Gasteiger partial charge in [-0.3, -0.25) is 4.79 Å². The number of nitrogens with one attached hydrogen (secondary N) is 2. The first-order chi connectivity index (χ1) is 7.16. The van der Waals surface area contributed by atoms with E-state index in [0.29, 0.717) is 14.2 Å². The quantitative estimate of drug-likeness (QED) is 0.860. The van der Waals surface area contributed by atoms with Crippen molar-refractivity contribution in [3.63, 3.8) is 0 Å². The third-order valence-corrected chi connectivity index (χ3v) is 3.78. The van der Waals surface area contributed by atoms with Gasteiger partial charge in [-0.1, -0.05) is 23.2 Å². The molecule has 0 aliphatic carbocycles. The van der Waals surface area contributed by atoms with Gasteiger partial charge in [0.1, 0.15) is 4.34 Å². The largest absolute Gasteiger partial charge is 0.348 e. The molecule has 0 unspecified atom stereocenters. The van der Waals surface area contributed by atoms with E-state index in [-0.39, 0.29) is 11.9 Å². The SMILES string of the molecule is O=C(N[C@@H]1CCNC1)c1cc(Cl)sc1Cl. The molecule has 1 aromatic heterocycles. The number of hydrogen-bond acceptors (Lipinski definition) is 3. The van der Waals surface area contributed by atoms with Crippen LogP contribution >= 0.6 is 34.5 Å². The average Bonchev–Trinajstić information content (AvgIpc) is 2.75. The number of carbonyl (C=O) groups excluding carboxylic acids is 1. The molecule has 1 aliphatic heterocycles. The van der Waals surface area contributed by atoms with Crippen LogP contribution in [0.5, 0.6) is 0 Å². The van der Waals surface area contributed by atoms with Gasteiger partial charge in [-0.2, -0.15) is 0 Å². The van der Waals surface area contributed by atoms with E-state index >= 15 is 0 Å². The van der Waals surface area contributed by atoms with Crippen LogP contribution in [0.15, 0.2) is 6.07 Å². The van der Waals surface area contributed by atoms with Crippen molar-refractivity contribution >= 4 is 40.4 Å². The Morgan fingerprint density at radius 3 is 2.93 bits per heavy atom. The second kappa shape index (κ2) is 4.70. The Hall–Kier alpha value is -0.290. The van der Waals surface area contributed by atoms with Crippen molar-refractivity contribution in [3.05, 3.63) is 20.3 Å². The summed E-state index contributed by atoms with van der Waals surface area (Å²) >= 11 is 12.9. The molecule has 0 saturated carbocycles. The van der Waals surface area contributed by atoms with Crippen molar-refractivity contribution in [3.8, 4) is 0 Å². The van der Waals surface area contributed by atoms with Crippen LogP contribution in [0.4, 0.5) is 0 Å². The summed E-state index contributed by atoms with van der Waals surface area (Å²) in [6.45, 7) is 1.77. The smallest absolute Gasteiger partial charge is 0.253 e. The third-order valence-electron chi connectivity index (χ3n) is 2.30. The molecule has 1 saturated heterocycles. The van der Waals surface area contributed by atoms with Gasteiger partial charge in [0.05, 0.1) is 9.90 Å². The number of amides is 1. The normalized spacial score (nSPS) is 20.5. The van der Waals surface area contributed by atoms with Gasteiger partial charge in [-0.05, 0) is 19.0 Å². The summed E-state index contributed by atoms with van der Waals surface area (Å²) in [5.41, 5.74) is 0.471. The zero-order valence-corrected chi connectivity index (χ0v) is 10.2. The predicted molar refractivity (Wildman–Crippen MR) is 63.1 cm³/mol. The van der Waals surface area contributed by atoms with E-state index in [1.165, 1.54) is 11.3 Å². The highest BCUT2D eigenvalue weighted by Crippen LogP contribution is 2.31. The molecule has 0 aromatic carbocycles. The summed E-state index contributed by atoms with van der Waals surface area (Å²) in [7, 11) is 0. The fraction of sp³-hybridized carbons (Fsp3) is 0.444. The van der Waals surface area contributed by atoms with Crippen LogP contribution in [0.1, 0.15) is 16.8 Å². The molecule has 2 rings (SSSR count). The van der Waals surface area contributed by atoms with E-state index in [0.717, 1.165) is 19.5 Å². The lowest BCUT2D eigenvalue weighted by molar-refractivity contribution is 0.0940. The Labute approximate surface area is 102 Å². The van der Waals surface area contributed by atoms with Crippen LogP contribution in [0.25, 0.3) is 0 Å². The van der Waals surface area contributed by atoms with Gasteiger partial charge in [0, 0.05) is 12.6 Å². The number of thiophene rings is 1. The molecule has 2 N–H and O–H groups in total. The summed E-state index contributed by atoms with van der Waals surface area (Å²) < 4.78 is 0.984. The van der Waals surface area contributed by atoms with Crippen molar-refractivity contribution in [2.45, 2.75) is 12.5 Å². The molecule has 1 atom stereocenters. The monoisotopic (exact) mass is 264 g/mol. The van der Waals surface area contributed by atoms with Crippen molar-refractivity contribution in [1.29, 1.82) is 0 Å².